The largest absolute Gasteiger partial charge is 0.505 e. The van der Waals surface area contributed by atoms with E-state index in [0.29, 0.717) is 23.1 Å². The lowest BCUT2D eigenvalue weighted by Crippen LogP contribution is -1.95. The summed E-state index contributed by atoms with van der Waals surface area (Å²) >= 11 is 0. The lowest BCUT2D eigenvalue weighted by atomic mass is 10.0. The lowest BCUT2D eigenvalue weighted by molar-refractivity contribution is 0.0697. The molecule has 4 aromatic carbocycles. The Morgan fingerprint density at radius 2 is 1.65 bits per heavy atom. The average Bonchev–Trinajstić information content (AvgIpc) is 3.20. The number of phenols is 1. The molecule has 0 amide bonds. The summed E-state index contributed by atoms with van der Waals surface area (Å²) < 4.78 is 6.87. The van der Waals surface area contributed by atoms with Crippen molar-refractivity contribution in [3.05, 3.63) is 102 Å². The first-order valence-corrected chi connectivity index (χ1v) is 11.5. The molecule has 0 bridgehead atoms. The maximum absolute atomic E-state index is 11.4. The molecule has 1 aromatic heterocycles. The molecule has 0 saturated carbocycles. The highest BCUT2D eigenvalue weighted by Gasteiger charge is 2.18. The molecular formula is C29H23N3O5. The monoisotopic (exact) mass is 493 g/mol. The van der Waals surface area contributed by atoms with Gasteiger partial charge in [0.25, 0.3) is 0 Å². The second kappa shape index (κ2) is 9.96. The van der Waals surface area contributed by atoms with Gasteiger partial charge in [0.15, 0.2) is 11.4 Å². The summed E-state index contributed by atoms with van der Waals surface area (Å²) in [7, 11) is 1.64. The standard InChI is InChI=1S/C29H23N3O5/c1-37-17-18-12-14-21(15-13-18)32-25-11-3-2-8-23(25)26(28(32)34)31-30-24-10-5-9-22(27(24)33)19-6-4-7-20(16-19)29(35)36/h2-16,33-34H,17H2,1H3,(H,35,36). The van der Waals surface area contributed by atoms with Crippen molar-refractivity contribution in [1.82, 2.24) is 4.57 Å². The van der Waals surface area contributed by atoms with Crippen molar-refractivity contribution >= 4 is 28.2 Å². The number of benzene rings is 4. The first-order chi connectivity index (χ1) is 18.0. The van der Waals surface area contributed by atoms with Crippen molar-refractivity contribution in [2.45, 2.75) is 6.61 Å². The fourth-order valence-electron chi connectivity index (χ4n) is 4.25. The lowest BCUT2D eigenvalue weighted by Gasteiger charge is -2.08. The van der Waals surface area contributed by atoms with E-state index in [0.717, 1.165) is 16.8 Å². The van der Waals surface area contributed by atoms with Gasteiger partial charge in [0.2, 0.25) is 5.88 Å². The van der Waals surface area contributed by atoms with E-state index >= 15 is 0 Å². The van der Waals surface area contributed by atoms with Crippen molar-refractivity contribution in [3.63, 3.8) is 0 Å². The average molecular weight is 494 g/mol. The fourth-order valence-corrected chi connectivity index (χ4v) is 4.25. The van der Waals surface area contributed by atoms with Crippen LogP contribution in [0.5, 0.6) is 11.6 Å². The minimum atomic E-state index is -1.06. The number of aromatic hydroxyl groups is 2. The van der Waals surface area contributed by atoms with Crippen LogP contribution in [0.1, 0.15) is 15.9 Å². The number of carbonyl (C=O) groups is 1. The van der Waals surface area contributed by atoms with Crippen LogP contribution in [-0.2, 0) is 11.3 Å². The van der Waals surface area contributed by atoms with E-state index in [-0.39, 0.29) is 28.6 Å². The number of methoxy groups -OCH3 is 1. The van der Waals surface area contributed by atoms with Crippen molar-refractivity contribution < 1.29 is 24.9 Å². The highest BCUT2D eigenvalue weighted by atomic mass is 16.5. The van der Waals surface area contributed by atoms with Crippen molar-refractivity contribution in [2.24, 2.45) is 10.2 Å². The molecule has 5 rings (SSSR count). The van der Waals surface area contributed by atoms with Gasteiger partial charge in [-0.15, -0.1) is 10.2 Å². The molecule has 5 aromatic rings. The molecule has 0 aliphatic heterocycles. The number of nitrogens with zero attached hydrogens (tertiary/aromatic N) is 3. The van der Waals surface area contributed by atoms with Gasteiger partial charge in [-0.2, -0.15) is 0 Å². The zero-order valence-corrected chi connectivity index (χ0v) is 19.9. The van der Waals surface area contributed by atoms with Crippen LogP contribution in [0, 0.1) is 0 Å². The van der Waals surface area contributed by atoms with E-state index in [1.54, 1.807) is 42.0 Å². The molecule has 0 unspecified atom stereocenters. The van der Waals surface area contributed by atoms with Crippen LogP contribution in [0.25, 0.3) is 27.7 Å². The van der Waals surface area contributed by atoms with Crippen LogP contribution in [0.3, 0.4) is 0 Å². The second-order valence-corrected chi connectivity index (χ2v) is 8.38. The maximum atomic E-state index is 11.4. The van der Waals surface area contributed by atoms with E-state index in [2.05, 4.69) is 10.2 Å². The predicted molar refractivity (Wildman–Crippen MR) is 140 cm³/mol. The smallest absolute Gasteiger partial charge is 0.335 e. The van der Waals surface area contributed by atoms with Crippen molar-refractivity contribution in [2.75, 3.05) is 7.11 Å². The predicted octanol–water partition coefficient (Wildman–Crippen LogP) is 6.97. The molecule has 0 fully saturated rings. The number of aromatic carboxylic acids is 1. The summed E-state index contributed by atoms with van der Waals surface area (Å²) in [6.07, 6.45) is 0. The molecule has 3 N–H and O–H groups in total. The second-order valence-electron chi connectivity index (χ2n) is 8.38. The molecule has 0 spiro atoms. The Bertz CT molecular complexity index is 1640. The third-order valence-corrected chi connectivity index (χ3v) is 6.02. The van der Waals surface area contributed by atoms with Crippen LogP contribution < -0.4 is 0 Å². The number of ether oxygens (including phenoxy) is 1. The van der Waals surface area contributed by atoms with Crippen LogP contribution >= 0.6 is 0 Å². The number of phenolic OH excluding ortho intramolecular Hbond substituents is 1. The Hall–Kier alpha value is -4.95. The molecule has 0 aliphatic rings. The minimum absolute atomic E-state index is 0.0887. The first-order valence-electron chi connectivity index (χ1n) is 11.5. The summed E-state index contributed by atoms with van der Waals surface area (Å²) in [6.45, 7) is 0.487. The summed E-state index contributed by atoms with van der Waals surface area (Å²) in [5.74, 6) is -1.29. The number of carboxylic acids is 1. The van der Waals surface area contributed by atoms with Gasteiger partial charge in [-0.25, -0.2) is 4.79 Å². The molecule has 0 atom stereocenters. The van der Waals surface area contributed by atoms with Crippen LogP contribution in [0.2, 0.25) is 0 Å². The molecule has 0 radical (unpaired) electrons. The number of hydrogen-bond donors (Lipinski definition) is 3. The Morgan fingerprint density at radius 3 is 2.41 bits per heavy atom. The van der Waals surface area contributed by atoms with Crippen molar-refractivity contribution in [1.29, 1.82) is 0 Å². The van der Waals surface area contributed by atoms with Gasteiger partial charge in [0.05, 0.1) is 17.7 Å². The van der Waals surface area contributed by atoms with Gasteiger partial charge in [-0.3, -0.25) is 4.57 Å². The fraction of sp³-hybridized carbons (Fsp3) is 0.0690. The number of para-hydroxylation sites is 2. The summed E-state index contributed by atoms with van der Waals surface area (Å²) in [5.41, 5.74) is 4.00. The number of rotatable bonds is 7. The minimum Gasteiger partial charge on any atom is -0.505 e. The number of hydrogen-bond acceptors (Lipinski definition) is 6. The molecule has 0 saturated heterocycles. The van der Waals surface area contributed by atoms with Gasteiger partial charge in [0.1, 0.15) is 5.69 Å². The molecule has 8 nitrogen and oxygen atoms in total. The molecule has 184 valence electrons. The third kappa shape index (κ3) is 4.53. The maximum Gasteiger partial charge on any atom is 0.335 e. The Morgan fingerprint density at radius 1 is 0.892 bits per heavy atom. The third-order valence-electron chi connectivity index (χ3n) is 6.02. The number of azo groups is 1. The van der Waals surface area contributed by atoms with Gasteiger partial charge in [-0.05, 0) is 47.5 Å². The zero-order valence-electron chi connectivity index (χ0n) is 19.9. The SMILES string of the molecule is COCc1ccc(-n2c(O)c(N=Nc3cccc(-c4cccc(C(=O)O)c4)c3O)c3ccccc32)cc1. The number of aromatic nitrogens is 1. The van der Waals surface area contributed by atoms with Crippen LogP contribution in [0.15, 0.2) is 101 Å². The Kier molecular flexibility index (Phi) is 6.40. The number of fused-ring (bicyclic) bond motifs is 1. The van der Waals surface area contributed by atoms with E-state index < -0.39 is 5.97 Å². The van der Waals surface area contributed by atoms with Gasteiger partial charge >= 0.3 is 5.97 Å². The quantitative estimate of drug-likeness (QED) is 0.212. The van der Waals surface area contributed by atoms with E-state index in [9.17, 15) is 20.1 Å². The van der Waals surface area contributed by atoms with E-state index in [1.165, 1.54) is 12.1 Å². The highest BCUT2D eigenvalue weighted by molar-refractivity contribution is 5.96. The van der Waals surface area contributed by atoms with Crippen molar-refractivity contribution in [3.8, 4) is 28.4 Å². The normalized spacial score (nSPS) is 11.4. The molecule has 37 heavy (non-hydrogen) atoms. The first kappa shape index (κ1) is 23.8. The van der Waals surface area contributed by atoms with Gasteiger partial charge in [-0.1, -0.05) is 54.6 Å². The highest BCUT2D eigenvalue weighted by Crippen LogP contribution is 2.43. The van der Waals surface area contributed by atoms with Crippen LogP contribution in [-0.4, -0.2) is 33.0 Å². The van der Waals surface area contributed by atoms with E-state index in [1.807, 2.05) is 48.5 Å². The number of carboxylic acid groups (broad SMARTS) is 1. The Balaban J connectivity index is 1.56. The molecule has 8 heteroatoms. The summed E-state index contributed by atoms with van der Waals surface area (Å²) in [5, 5.41) is 40.6. The Labute approximate surface area is 212 Å². The summed E-state index contributed by atoms with van der Waals surface area (Å²) in [4.78, 5) is 11.4. The molecular weight excluding hydrogens is 470 g/mol. The van der Waals surface area contributed by atoms with Crippen LogP contribution in [0.4, 0.5) is 11.4 Å². The zero-order chi connectivity index (χ0) is 25.9. The van der Waals surface area contributed by atoms with E-state index in [4.69, 9.17) is 4.74 Å². The topological polar surface area (TPSA) is 117 Å². The molecule has 0 aliphatic carbocycles. The molecule has 1 heterocycles. The van der Waals surface area contributed by atoms with Gasteiger partial charge in [0, 0.05) is 23.7 Å². The van der Waals surface area contributed by atoms with Gasteiger partial charge < -0.3 is 20.1 Å². The summed E-state index contributed by atoms with van der Waals surface area (Å²) in [6, 6.07) is 26.3.